The Bertz CT molecular complexity index is 407. The molecule has 0 bridgehead atoms. The minimum atomic E-state index is -2.60. The topological polar surface area (TPSA) is 29.4 Å². The van der Waals surface area contributed by atoms with Crippen molar-refractivity contribution >= 4 is 22.4 Å². The van der Waals surface area contributed by atoms with Gasteiger partial charge in [-0.1, -0.05) is 0 Å². The number of thiophene rings is 1. The van der Waals surface area contributed by atoms with Crippen LogP contribution in [-0.4, -0.2) is 12.0 Å². The van der Waals surface area contributed by atoms with Crippen LogP contribution in [0.15, 0.2) is 11.1 Å². The largest absolute Gasteiger partial charge is 0.253 e. The number of nitrogens with zero attached hydrogens (tertiary/aromatic N) is 1. The van der Waals surface area contributed by atoms with Crippen LogP contribution in [0.2, 0.25) is 0 Å². The first-order valence-electron chi connectivity index (χ1n) is 4.18. The number of halogens is 2. The van der Waals surface area contributed by atoms with Gasteiger partial charge in [-0.25, -0.2) is 13.6 Å². The molecule has 0 amide bonds. The van der Waals surface area contributed by atoms with Crippen LogP contribution in [0.1, 0.15) is 16.9 Å². The van der Waals surface area contributed by atoms with E-state index in [9.17, 15) is 13.6 Å². The summed E-state index contributed by atoms with van der Waals surface area (Å²) in [6.45, 7) is 0. The van der Waals surface area contributed by atoms with E-state index >= 15 is 0 Å². The number of hydrogen-bond donors (Lipinski definition) is 0. The first-order chi connectivity index (χ1) is 6.61. The lowest BCUT2D eigenvalue weighted by molar-refractivity contribution is -0.0111. The highest BCUT2D eigenvalue weighted by Crippen LogP contribution is 2.39. The van der Waals surface area contributed by atoms with Gasteiger partial charge in [-0.15, -0.1) is 11.3 Å². The number of rotatable bonds is 1. The number of aryl methyl sites for hydroxylation is 1. The molecule has 1 aliphatic carbocycles. The second-order valence-corrected chi connectivity index (χ2v) is 4.38. The quantitative estimate of drug-likeness (QED) is 0.523. The van der Waals surface area contributed by atoms with Crippen LogP contribution >= 0.6 is 11.3 Å². The first kappa shape index (κ1) is 9.49. The van der Waals surface area contributed by atoms with Crippen molar-refractivity contribution < 1.29 is 13.6 Å². The highest BCUT2D eigenvalue weighted by atomic mass is 32.1. The fraction of sp³-hybridized carbons (Fsp3) is 0.444. The zero-order valence-corrected chi connectivity index (χ0v) is 8.03. The molecule has 1 heterocycles. The fourth-order valence-electron chi connectivity index (χ4n) is 1.55. The Morgan fingerprint density at radius 2 is 2.36 bits per heavy atom. The number of alkyl halides is 2. The second kappa shape index (κ2) is 3.26. The van der Waals surface area contributed by atoms with Crippen molar-refractivity contribution in [2.45, 2.75) is 25.2 Å². The standard InChI is InChI=1S/C9H7F2NOS/c10-9(11)2-1-6-3-8(12-5-13)14-7(6)4-9/h3H,1-2,4H2. The van der Waals surface area contributed by atoms with Crippen LogP contribution in [-0.2, 0) is 17.6 Å². The normalized spacial score (nSPS) is 18.4. The molecule has 0 aromatic carbocycles. The third kappa shape index (κ3) is 1.74. The Morgan fingerprint density at radius 3 is 3.07 bits per heavy atom. The molecular weight excluding hydrogens is 208 g/mol. The summed E-state index contributed by atoms with van der Waals surface area (Å²) < 4.78 is 26.0. The molecule has 5 heteroatoms. The highest BCUT2D eigenvalue weighted by molar-refractivity contribution is 7.16. The van der Waals surface area contributed by atoms with E-state index in [0.717, 1.165) is 16.9 Å². The molecule has 0 aliphatic heterocycles. The molecule has 0 fully saturated rings. The van der Waals surface area contributed by atoms with Gasteiger partial charge in [0.25, 0.3) is 5.92 Å². The molecule has 2 rings (SSSR count). The van der Waals surface area contributed by atoms with Crippen LogP contribution in [0.25, 0.3) is 0 Å². The van der Waals surface area contributed by atoms with Crippen LogP contribution in [0.5, 0.6) is 0 Å². The lowest BCUT2D eigenvalue weighted by Crippen LogP contribution is -2.24. The van der Waals surface area contributed by atoms with E-state index in [-0.39, 0.29) is 12.8 Å². The molecule has 0 spiro atoms. The zero-order valence-electron chi connectivity index (χ0n) is 7.22. The number of hydrogen-bond acceptors (Lipinski definition) is 3. The number of carbonyl (C=O) groups excluding carboxylic acids is 1. The summed E-state index contributed by atoms with van der Waals surface area (Å²) in [6, 6.07) is 1.69. The monoisotopic (exact) mass is 215 g/mol. The molecule has 1 aromatic rings. The molecule has 0 unspecified atom stereocenters. The van der Waals surface area contributed by atoms with Crippen LogP contribution in [0.4, 0.5) is 13.8 Å². The molecule has 0 saturated carbocycles. The van der Waals surface area contributed by atoms with Crippen molar-refractivity contribution in [1.29, 1.82) is 0 Å². The van der Waals surface area contributed by atoms with Crippen LogP contribution < -0.4 is 0 Å². The van der Waals surface area contributed by atoms with Crippen molar-refractivity contribution in [3.8, 4) is 0 Å². The van der Waals surface area contributed by atoms with Gasteiger partial charge in [-0.2, -0.15) is 4.99 Å². The van der Waals surface area contributed by atoms with E-state index < -0.39 is 5.92 Å². The first-order valence-corrected chi connectivity index (χ1v) is 5.00. The number of isocyanates is 1. The van der Waals surface area contributed by atoms with E-state index in [4.69, 9.17) is 0 Å². The average Bonchev–Trinajstić information content (AvgIpc) is 2.45. The van der Waals surface area contributed by atoms with Gasteiger partial charge in [0.05, 0.1) is 0 Å². The summed E-state index contributed by atoms with van der Waals surface area (Å²) in [5.74, 6) is -2.60. The third-order valence-corrected chi connectivity index (χ3v) is 3.29. The lowest BCUT2D eigenvalue weighted by Gasteiger charge is -2.20. The molecule has 0 N–H and O–H groups in total. The summed E-state index contributed by atoms with van der Waals surface area (Å²) in [5.41, 5.74) is 0.898. The number of fused-ring (bicyclic) bond motifs is 1. The second-order valence-electron chi connectivity index (χ2n) is 3.27. The maximum atomic E-state index is 13.0. The van der Waals surface area contributed by atoms with Crippen molar-refractivity contribution in [1.82, 2.24) is 0 Å². The Hall–Kier alpha value is -1.06. The van der Waals surface area contributed by atoms with E-state index in [2.05, 4.69) is 4.99 Å². The molecule has 0 atom stereocenters. The van der Waals surface area contributed by atoms with Gasteiger partial charge in [0, 0.05) is 17.7 Å². The van der Waals surface area contributed by atoms with Gasteiger partial charge in [0.1, 0.15) is 5.00 Å². The lowest BCUT2D eigenvalue weighted by atomic mass is 9.96. The Labute approximate surface area is 83.3 Å². The summed E-state index contributed by atoms with van der Waals surface area (Å²) in [5, 5.41) is 0.475. The van der Waals surface area contributed by atoms with E-state index in [1.807, 2.05) is 0 Å². The minimum Gasteiger partial charge on any atom is -0.211 e. The van der Waals surface area contributed by atoms with Crippen molar-refractivity contribution in [2.24, 2.45) is 4.99 Å². The summed E-state index contributed by atoms with van der Waals surface area (Å²) >= 11 is 1.15. The highest BCUT2D eigenvalue weighted by Gasteiger charge is 2.35. The Kier molecular flexibility index (Phi) is 2.21. The maximum Gasteiger partial charge on any atom is 0.253 e. The van der Waals surface area contributed by atoms with E-state index in [1.54, 1.807) is 6.07 Å². The molecular formula is C9H7F2NOS. The van der Waals surface area contributed by atoms with Gasteiger partial charge in [0.15, 0.2) is 0 Å². The van der Waals surface area contributed by atoms with Gasteiger partial charge in [-0.05, 0) is 18.1 Å². The molecule has 1 aliphatic rings. The van der Waals surface area contributed by atoms with Crippen molar-refractivity contribution in [2.75, 3.05) is 0 Å². The van der Waals surface area contributed by atoms with Gasteiger partial charge >= 0.3 is 0 Å². The number of aliphatic imine (C=N–C) groups is 1. The maximum absolute atomic E-state index is 13.0. The smallest absolute Gasteiger partial charge is 0.211 e. The molecule has 2 nitrogen and oxygen atoms in total. The van der Waals surface area contributed by atoms with E-state index in [0.29, 0.717) is 16.3 Å². The van der Waals surface area contributed by atoms with Gasteiger partial charge in [-0.3, -0.25) is 0 Å². The molecule has 0 saturated heterocycles. The van der Waals surface area contributed by atoms with E-state index in [1.165, 1.54) is 6.08 Å². The SMILES string of the molecule is O=C=Nc1cc2c(s1)CC(F)(F)CC2. The predicted octanol–water partition coefficient (Wildman–Crippen LogP) is 2.84. The minimum absolute atomic E-state index is 0.110. The van der Waals surface area contributed by atoms with Gasteiger partial charge < -0.3 is 0 Å². The third-order valence-electron chi connectivity index (χ3n) is 2.22. The summed E-state index contributed by atoms with van der Waals surface area (Å²) in [4.78, 5) is 14.1. The van der Waals surface area contributed by atoms with Crippen molar-refractivity contribution in [3.05, 3.63) is 16.5 Å². The molecule has 1 aromatic heterocycles. The van der Waals surface area contributed by atoms with Gasteiger partial charge in [0.2, 0.25) is 6.08 Å². The average molecular weight is 215 g/mol. The fourth-order valence-corrected chi connectivity index (χ4v) is 2.66. The Balaban J connectivity index is 2.34. The van der Waals surface area contributed by atoms with Crippen LogP contribution in [0.3, 0.4) is 0 Å². The van der Waals surface area contributed by atoms with Crippen LogP contribution in [0, 0.1) is 0 Å². The predicted molar refractivity (Wildman–Crippen MR) is 49.1 cm³/mol. The summed E-state index contributed by atoms with van der Waals surface area (Å²) in [6.07, 6.45) is 1.45. The molecule has 14 heavy (non-hydrogen) atoms. The zero-order chi connectivity index (χ0) is 10.2. The van der Waals surface area contributed by atoms with Crippen molar-refractivity contribution in [3.63, 3.8) is 0 Å². The Morgan fingerprint density at radius 1 is 1.57 bits per heavy atom. The molecule has 74 valence electrons. The summed E-state index contributed by atoms with van der Waals surface area (Å²) in [7, 11) is 0. The molecule has 0 radical (unpaired) electrons.